The Morgan fingerprint density at radius 2 is 1.93 bits per heavy atom. The second-order valence-electron chi connectivity index (χ2n) is 8.34. The zero-order chi connectivity index (χ0) is 20.3. The molecule has 1 saturated heterocycles. The van der Waals surface area contributed by atoms with Crippen LogP contribution in [0.25, 0.3) is 11.0 Å². The number of hydrogen-bond acceptors (Lipinski definition) is 6. The Kier molecular flexibility index (Phi) is 5.91. The van der Waals surface area contributed by atoms with Gasteiger partial charge in [-0.3, -0.25) is 0 Å². The van der Waals surface area contributed by atoms with E-state index in [1.165, 1.54) is 0 Å². The van der Waals surface area contributed by atoms with Gasteiger partial charge in [0.25, 0.3) is 0 Å². The van der Waals surface area contributed by atoms with Gasteiger partial charge in [-0.05, 0) is 52.2 Å². The lowest BCUT2D eigenvalue weighted by atomic mass is 10.0. The third kappa shape index (κ3) is 4.64. The van der Waals surface area contributed by atoms with Gasteiger partial charge in [0.15, 0.2) is 11.6 Å². The number of aromatic nitrogens is 2. The summed E-state index contributed by atoms with van der Waals surface area (Å²) < 4.78 is 5.63. The van der Waals surface area contributed by atoms with Crippen molar-refractivity contribution in [3.05, 3.63) is 24.3 Å². The van der Waals surface area contributed by atoms with E-state index in [2.05, 4.69) is 15.2 Å². The number of rotatable bonds is 4. The van der Waals surface area contributed by atoms with Crippen molar-refractivity contribution in [3.63, 3.8) is 0 Å². The number of benzene rings is 1. The van der Waals surface area contributed by atoms with Crippen molar-refractivity contribution in [3.8, 4) is 0 Å². The normalized spacial score (nSPS) is 17.5. The molecule has 2 aromatic rings. The van der Waals surface area contributed by atoms with Crippen LogP contribution in [-0.2, 0) is 4.74 Å². The van der Waals surface area contributed by atoms with E-state index in [0.717, 1.165) is 48.5 Å². The number of amides is 1. The van der Waals surface area contributed by atoms with E-state index in [9.17, 15) is 4.79 Å². The molecule has 1 aromatic carbocycles. The molecule has 1 aliphatic rings. The van der Waals surface area contributed by atoms with E-state index in [1.807, 2.05) is 64.0 Å². The molecular weight excluding hydrogens is 354 g/mol. The number of nitrogens with one attached hydrogen (secondary N) is 1. The molecule has 3 rings (SSSR count). The molecule has 0 saturated carbocycles. The molecule has 0 unspecified atom stereocenters. The Morgan fingerprint density at radius 1 is 1.25 bits per heavy atom. The van der Waals surface area contributed by atoms with Gasteiger partial charge in [0.2, 0.25) is 0 Å². The molecule has 0 radical (unpaired) electrons. The fourth-order valence-corrected chi connectivity index (χ4v) is 3.58. The summed E-state index contributed by atoms with van der Waals surface area (Å²) >= 11 is 0. The fraction of sp³-hybridized carbons (Fsp3) is 0.571. The molecule has 1 atom stereocenters. The number of likely N-dealkylation sites (tertiary alicyclic amines) is 1. The third-order valence-corrected chi connectivity index (χ3v) is 4.89. The van der Waals surface area contributed by atoms with Crippen LogP contribution in [0.5, 0.6) is 0 Å². The zero-order valence-corrected chi connectivity index (χ0v) is 17.5. The number of para-hydroxylation sites is 2. The number of anilines is 2. The smallest absolute Gasteiger partial charge is 0.410 e. The number of carbonyl (C=O) groups excluding carboxylic acids is 1. The van der Waals surface area contributed by atoms with Crippen LogP contribution < -0.4 is 10.2 Å². The van der Waals surface area contributed by atoms with E-state index in [1.54, 1.807) is 0 Å². The van der Waals surface area contributed by atoms with Crippen molar-refractivity contribution in [2.75, 3.05) is 37.4 Å². The summed E-state index contributed by atoms with van der Waals surface area (Å²) in [5.74, 6) is 1.52. The number of hydrogen-bond donors (Lipinski definition) is 1. The fourth-order valence-electron chi connectivity index (χ4n) is 3.58. The third-order valence-electron chi connectivity index (χ3n) is 4.89. The summed E-state index contributed by atoms with van der Waals surface area (Å²) in [6.07, 6.45) is 2.85. The molecule has 0 spiro atoms. The number of carbonyl (C=O) groups is 1. The van der Waals surface area contributed by atoms with Gasteiger partial charge in [-0.25, -0.2) is 14.8 Å². The molecule has 1 aliphatic heterocycles. The van der Waals surface area contributed by atoms with Gasteiger partial charge in [0, 0.05) is 27.2 Å². The average molecular weight is 386 g/mol. The summed E-state index contributed by atoms with van der Waals surface area (Å²) in [7, 11) is 3.85. The van der Waals surface area contributed by atoms with Crippen LogP contribution in [0.1, 0.15) is 40.0 Å². The summed E-state index contributed by atoms with van der Waals surface area (Å²) in [5, 5.41) is 3.15. The lowest BCUT2D eigenvalue weighted by Crippen LogP contribution is -2.50. The zero-order valence-electron chi connectivity index (χ0n) is 17.5. The van der Waals surface area contributed by atoms with E-state index in [-0.39, 0.29) is 12.1 Å². The highest BCUT2D eigenvalue weighted by atomic mass is 16.6. The molecule has 152 valence electrons. The second-order valence-corrected chi connectivity index (χ2v) is 8.34. The van der Waals surface area contributed by atoms with E-state index < -0.39 is 5.60 Å². The first-order chi connectivity index (χ1) is 13.3. The number of piperidine rings is 1. The summed E-state index contributed by atoms with van der Waals surface area (Å²) in [6, 6.07) is 7.93. The van der Waals surface area contributed by atoms with E-state index in [4.69, 9.17) is 9.72 Å². The van der Waals surface area contributed by atoms with Crippen molar-refractivity contribution in [1.29, 1.82) is 0 Å². The molecular formula is C21H31N5O2. The molecule has 1 amide bonds. The lowest BCUT2D eigenvalue weighted by molar-refractivity contribution is 0.0108. The van der Waals surface area contributed by atoms with Gasteiger partial charge in [-0.1, -0.05) is 12.1 Å². The molecule has 1 aromatic heterocycles. The SMILES string of the molecule is CNc1nc2ccccc2nc1N(C)C[C@H]1CCCCN1C(=O)OC(C)(C)C. The number of nitrogens with zero attached hydrogens (tertiary/aromatic N) is 4. The van der Waals surface area contributed by atoms with E-state index >= 15 is 0 Å². The average Bonchev–Trinajstić information content (AvgIpc) is 2.65. The maximum absolute atomic E-state index is 12.7. The minimum Gasteiger partial charge on any atom is -0.444 e. The van der Waals surface area contributed by atoms with Crippen molar-refractivity contribution in [2.45, 2.75) is 51.7 Å². The van der Waals surface area contributed by atoms with Crippen LogP contribution in [0.2, 0.25) is 0 Å². The molecule has 0 bridgehead atoms. The van der Waals surface area contributed by atoms with Crippen molar-refractivity contribution < 1.29 is 9.53 Å². The first-order valence-corrected chi connectivity index (χ1v) is 9.94. The maximum atomic E-state index is 12.7. The Morgan fingerprint density at radius 3 is 2.57 bits per heavy atom. The Balaban J connectivity index is 1.81. The van der Waals surface area contributed by atoms with Gasteiger partial charge in [0.1, 0.15) is 5.60 Å². The van der Waals surface area contributed by atoms with Crippen LogP contribution in [0.15, 0.2) is 24.3 Å². The minimum absolute atomic E-state index is 0.0894. The molecule has 0 aliphatic carbocycles. The predicted molar refractivity (Wildman–Crippen MR) is 113 cm³/mol. The number of likely N-dealkylation sites (N-methyl/N-ethyl adjacent to an activating group) is 1. The Bertz CT molecular complexity index is 833. The molecule has 1 fully saturated rings. The summed E-state index contributed by atoms with van der Waals surface area (Å²) in [6.45, 7) is 7.12. The van der Waals surface area contributed by atoms with Gasteiger partial charge < -0.3 is 19.9 Å². The quantitative estimate of drug-likeness (QED) is 0.861. The largest absolute Gasteiger partial charge is 0.444 e. The predicted octanol–water partition coefficient (Wildman–Crippen LogP) is 3.90. The summed E-state index contributed by atoms with van der Waals surface area (Å²) in [4.78, 5) is 26.1. The van der Waals surface area contributed by atoms with Gasteiger partial charge in [-0.15, -0.1) is 0 Å². The van der Waals surface area contributed by atoms with Crippen LogP contribution in [0.3, 0.4) is 0 Å². The van der Waals surface area contributed by atoms with Gasteiger partial charge in [0.05, 0.1) is 17.1 Å². The van der Waals surface area contributed by atoms with Crippen molar-refractivity contribution in [2.24, 2.45) is 0 Å². The van der Waals surface area contributed by atoms with E-state index in [0.29, 0.717) is 6.54 Å². The van der Waals surface area contributed by atoms with Gasteiger partial charge >= 0.3 is 6.09 Å². The standard InChI is InChI=1S/C21H31N5O2/c1-21(2,3)28-20(27)26-13-9-8-10-15(26)14-25(5)19-18(22-4)23-16-11-6-7-12-17(16)24-19/h6-7,11-12,15H,8-10,13-14H2,1-5H3,(H,22,23)/t15-/m1/s1. The highest BCUT2D eigenvalue weighted by Crippen LogP contribution is 2.26. The Hall–Kier alpha value is -2.57. The van der Waals surface area contributed by atoms with Crippen molar-refractivity contribution >= 4 is 28.8 Å². The highest BCUT2D eigenvalue weighted by molar-refractivity contribution is 5.80. The Labute approximate surface area is 167 Å². The lowest BCUT2D eigenvalue weighted by Gasteiger charge is -2.38. The molecule has 7 nitrogen and oxygen atoms in total. The minimum atomic E-state index is -0.492. The topological polar surface area (TPSA) is 70.6 Å². The van der Waals surface area contributed by atoms with Gasteiger partial charge in [-0.2, -0.15) is 0 Å². The maximum Gasteiger partial charge on any atom is 0.410 e. The van der Waals surface area contributed by atoms with Crippen molar-refractivity contribution in [1.82, 2.24) is 14.9 Å². The molecule has 7 heteroatoms. The van der Waals surface area contributed by atoms with Crippen LogP contribution in [0.4, 0.5) is 16.4 Å². The number of fused-ring (bicyclic) bond motifs is 1. The van der Waals surface area contributed by atoms with Crippen LogP contribution in [-0.4, -0.2) is 59.8 Å². The molecule has 2 heterocycles. The first-order valence-electron chi connectivity index (χ1n) is 9.94. The monoisotopic (exact) mass is 385 g/mol. The molecule has 28 heavy (non-hydrogen) atoms. The van der Waals surface area contributed by atoms with Crippen LogP contribution in [0, 0.1) is 0 Å². The second kappa shape index (κ2) is 8.20. The van der Waals surface area contributed by atoms with Crippen LogP contribution >= 0.6 is 0 Å². The number of ether oxygens (including phenoxy) is 1. The molecule has 1 N–H and O–H groups in total. The highest BCUT2D eigenvalue weighted by Gasteiger charge is 2.31. The summed E-state index contributed by atoms with van der Waals surface area (Å²) in [5.41, 5.74) is 1.22. The first kappa shape index (κ1) is 20.2.